The van der Waals surface area contributed by atoms with Gasteiger partial charge in [0.25, 0.3) is 5.91 Å². The van der Waals surface area contributed by atoms with Gasteiger partial charge in [0, 0.05) is 23.8 Å². The average molecular weight is 328 g/mol. The van der Waals surface area contributed by atoms with Crippen LogP contribution in [0.15, 0.2) is 41.0 Å². The van der Waals surface area contributed by atoms with Gasteiger partial charge in [0.15, 0.2) is 5.76 Å². The highest BCUT2D eigenvalue weighted by molar-refractivity contribution is 5.97. The first-order valence-electron chi connectivity index (χ1n) is 7.96. The number of amides is 2. The fourth-order valence-electron chi connectivity index (χ4n) is 3.76. The zero-order valence-corrected chi connectivity index (χ0v) is 13.2. The third kappa shape index (κ3) is 2.29. The van der Waals surface area contributed by atoms with Gasteiger partial charge in [-0.15, -0.1) is 0 Å². The molecule has 1 N–H and O–H groups in total. The van der Waals surface area contributed by atoms with Crippen molar-refractivity contribution < 1.29 is 18.4 Å². The van der Waals surface area contributed by atoms with Crippen LogP contribution < -0.4 is 5.32 Å². The summed E-state index contributed by atoms with van der Waals surface area (Å²) < 4.78 is 18.5. The van der Waals surface area contributed by atoms with Gasteiger partial charge in [-0.05, 0) is 43.5 Å². The highest BCUT2D eigenvalue weighted by atomic mass is 19.1. The van der Waals surface area contributed by atoms with Gasteiger partial charge in [-0.25, -0.2) is 4.39 Å². The summed E-state index contributed by atoms with van der Waals surface area (Å²) in [6.07, 6.45) is 2.32. The number of aryl methyl sites for hydroxylation is 1. The molecular weight excluding hydrogens is 311 g/mol. The molecule has 5 rings (SSSR count). The van der Waals surface area contributed by atoms with Crippen molar-refractivity contribution in [1.29, 1.82) is 0 Å². The molecule has 6 heteroatoms. The van der Waals surface area contributed by atoms with E-state index in [1.165, 1.54) is 18.4 Å². The Balaban J connectivity index is 1.47. The van der Waals surface area contributed by atoms with E-state index in [1.54, 1.807) is 23.1 Å². The van der Waals surface area contributed by atoms with E-state index in [9.17, 15) is 14.0 Å². The molecule has 1 saturated carbocycles. The van der Waals surface area contributed by atoms with Crippen LogP contribution in [0.4, 0.5) is 10.1 Å². The number of benzene rings is 1. The van der Waals surface area contributed by atoms with Crippen molar-refractivity contribution in [3.8, 4) is 0 Å². The molecule has 0 unspecified atom stereocenters. The number of furan rings is 1. The average Bonchev–Trinajstić information content (AvgIpc) is 3.20. The molecule has 2 aliphatic heterocycles. The predicted molar refractivity (Wildman–Crippen MR) is 84.9 cm³/mol. The van der Waals surface area contributed by atoms with Crippen molar-refractivity contribution in [1.82, 2.24) is 4.90 Å². The first-order valence-corrected chi connectivity index (χ1v) is 7.96. The molecule has 124 valence electrons. The Hall–Kier alpha value is -2.63. The van der Waals surface area contributed by atoms with Gasteiger partial charge in [-0.3, -0.25) is 9.59 Å². The summed E-state index contributed by atoms with van der Waals surface area (Å²) in [6.45, 7) is 2.39. The van der Waals surface area contributed by atoms with Crippen LogP contribution in [0, 0.1) is 24.6 Å². The summed E-state index contributed by atoms with van der Waals surface area (Å²) in [4.78, 5) is 26.8. The summed E-state index contributed by atoms with van der Waals surface area (Å²) in [5.41, 5.74) is 1.23. The van der Waals surface area contributed by atoms with Crippen molar-refractivity contribution in [2.45, 2.75) is 19.4 Å². The Morgan fingerprint density at radius 3 is 2.88 bits per heavy atom. The van der Waals surface area contributed by atoms with Crippen molar-refractivity contribution >= 4 is 17.5 Å². The minimum absolute atomic E-state index is 0.111. The molecule has 0 spiro atoms. The largest absolute Gasteiger partial charge is 0.459 e. The number of halogens is 1. The summed E-state index contributed by atoms with van der Waals surface area (Å²) in [5.74, 6) is -0.462. The van der Waals surface area contributed by atoms with Crippen LogP contribution >= 0.6 is 0 Å². The molecule has 3 aliphatic rings. The van der Waals surface area contributed by atoms with Gasteiger partial charge in [0.1, 0.15) is 5.82 Å². The topological polar surface area (TPSA) is 62.6 Å². The number of hydrogen-bond acceptors (Lipinski definition) is 3. The third-order valence-electron chi connectivity index (χ3n) is 5.01. The van der Waals surface area contributed by atoms with Crippen LogP contribution in [0.2, 0.25) is 0 Å². The summed E-state index contributed by atoms with van der Waals surface area (Å²) in [6, 6.07) is 7.46. The zero-order valence-electron chi connectivity index (χ0n) is 13.2. The van der Waals surface area contributed by atoms with Gasteiger partial charge in [0.05, 0.1) is 12.2 Å². The van der Waals surface area contributed by atoms with Crippen LogP contribution in [0.25, 0.3) is 0 Å². The Morgan fingerprint density at radius 2 is 2.17 bits per heavy atom. The molecule has 1 aliphatic carbocycles. The first-order chi connectivity index (χ1) is 11.5. The first kappa shape index (κ1) is 14.9. The molecule has 2 bridgehead atoms. The second kappa shape index (κ2) is 5.47. The van der Waals surface area contributed by atoms with E-state index in [4.69, 9.17) is 4.42 Å². The van der Waals surface area contributed by atoms with E-state index in [2.05, 4.69) is 5.32 Å². The van der Waals surface area contributed by atoms with Crippen molar-refractivity contribution in [3.63, 3.8) is 0 Å². The number of rotatable bonds is 3. The molecule has 3 atom stereocenters. The molecule has 5 nitrogen and oxygen atoms in total. The van der Waals surface area contributed by atoms with Crippen molar-refractivity contribution in [2.24, 2.45) is 11.8 Å². The highest BCUT2D eigenvalue weighted by Gasteiger charge is 2.57. The summed E-state index contributed by atoms with van der Waals surface area (Å²) in [7, 11) is 0. The number of carbonyl (C=O) groups is 2. The summed E-state index contributed by atoms with van der Waals surface area (Å²) >= 11 is 0. The zero-order chi connectivity index (χ0) is 16.8. The van der Waals surface area contributed by atoms with Gasteiger partial charge in [-0.2, -0.15) is 0 Å². The third-order valence-corrected chi connectivity index (χ3v) is 5.01. The molecule has 2 aromatic rings. The van der Waals surface area contributed by atoms with E-state index in [0.29, 0.717) is 18.0 Å². The van der Waals surface area contributed by atoms with E-state index in [-0.39, 0.29) is 29.7 Å². The summed E-state index contributed by atoms with van der Waals surface area (Å²) in [5, 5.41) is 2.75. The molecule has 2 saturated heterocycles. The Bertz CT molecular complexity index is 816. The van der Waals surface area contributed by atoms with E-state index >= 15 is 0 Å². The molecule has 1 aromatic heterocycles. The second-order valence-corrected chi connectivity index (χ2v) is 6.48. The van der Waals surface area contributed by atoms with Crippen LogP contribution in [-0.2, 0) is 4.79 Å². The molecule has 2 amide bonds. The number of nitrogens with one attached hydrogen (secondary N) is 1. The van der Waals surface area contributed by atoms with Gasteiger partial charge in [-0.1, -0.05) is 6.07 Å². The second-order valence-electron chi connectivity index (χ2n) is 6.48. The maximum absolute atomic E-state index is 13.2. The Kier molecular flexibility index (Phi) is 3.40. The maximum atomic E-state index is 13.2. The normalized spacial score (nSPS) is 24.6. The van der Waals surface area contributed by atoms with Crippen molar-refractivity contribution in [2.75, 3.05) is 11.9 Å². The predicted octanol–water partition coefficient (Wildman–Crippen LogP) is 2.83. The van der Waals surface area contributed by atoms with E-state index < -0.39 is 5.82 Å². The lowest BCUT2D eigenvalue weighted by Gasteiger charge is -2.35. The number of nitrogens with zero attached hydrogens (tertiary/aromatic N) is 1. The van der Waals surface area contributed by atoms with Crippen LogP contribution in [-0.4, -0.2) is 29.3 Å². The van der Waals surface area contributed by atoms with Gasteiger partial charge < -0.3 is 14.6 Å². The maximum Gasteiger partial charge on any atom is 0.290 e. The van der Waals surface area contributed by atoms with Crippen LogP contribution in [0.3, 0.4) is 0 Å². The van der Waals surface area contributed by atoms with Crippen LogP contribution in [0.1, 0.15) is 22.5 Å². The minimum atomic E-state index is -0.394. The standard InChI is InChI=1S/C18H17FN2O3/c1-10-5-6-24-16(10)18(23)21-9-11-7-14(21)15(11)17(22)20-13-4-2-3-12(19)8-13/h2-6,8,11,14-15H,7,9H2,1H3,(H,20,22)/t11-,14+,15+/m1/s1. The van der Waals surface area contributed by atoms with Crippen molar-refractivity contribution in [3.05, 3.63) is 53.7 Å². The number of carbonyl (C=O) groups excluding carboxylic acids is 2. The fourth-order valence-corrected chi connectivity index (χ4v) is 3.76. The number of fused-ring (bicyclic) bond motifs is 1. The minimum Gasteiger partial charge on any atom is -0.459 e. The van der Waals surface area contributed by atoms with E-state index in [1.807, 2.05) is 6.92 Å². The SMILES string of the molecule is Cc1ccoc1C(=O)N1C[C@H]2C[C@H]1[C@H]2C(=O)Nc1cccc(F)c1. The molecule has 0 radical (unpaired) electrons. The molecule has 3 fully saturated rings. The molecule has 1 aromatic carbocycles. The number of hydrogen-bond donors (Lipinski definition) is 1. The fraction of sp³-hybridized carbons (Fsp3) is 0.333. The molecule has 24 heavy (non-hydrogen) atoms. The Labute approximate surface area is 138 Å². The number of anilines is 1. The highest BCUT2D eigenvalue weighted by Crippen LogP contribution is 2.47. The quantitative estimate of drug-likeness (QED) is 0.942. The smallest absolute Gasteiger partial charge is 0.290 e. The van der Waals surface area contributed by atoms with E-state index in [0.717, 1.165) is 12.0 Å². The van der Waals surface area contributed by atoms with Crippen LogP contribution in [0.5, 0.6) is 0 Å². The lowest BCUT2D eigenvalue weighted by Crippen LogP contribution is -2.47. The van der Waals surface area contributed by atoms with Gasteiger partial charge >= 0.3 is 0 Å². The Morgan fingerprint density at radius 1 is 1.33 bits per heavy atom. The monoisotopic (exact) mass is 328 g/mol. The molecule has 3 heterocycles. The molecular formula is C18H17FN2O3. The lowest BCUT2D eigenvalue weighted by molar-refractivity contribution is -0.124. The van der Waals surface area contributed by atoms with Gasteiger partial charge in [0.2, 0.25) is 5.91 Å². The lowest BCUT2D eigenvalue weighted by atomic mass is 9.73.